The predicted molar refractivity (Wildman–Crippen MR) is 132 cm³/mol. The SMILES string of the molecule is COC1CN(c2ncc(C(=O)NC3CC(C(C)=O)C3)cc2NC(=O)c2csc3ccccc23)C1. The Morgan fingerprint density at radius 2 is 1.91 bits per heavy atom. The monoisotopic (exact) mass is 478 g/mol. The van der Waals surface area contributed by atoms with Crippen molar-refractivity contribution < 1.29 is 19.1 Å². The number of Topliss-reactive ketones (excluding diaryl/α,β-unsaturated/α-hetero) is 1. The number of amides is 2. The van der Waals surface area contributed by atoms with Gasteiger partial charge in [0.15, 0.2) is 5.82 Å². The fourth-order valence-electron chi connectivity index (χ4n) is 4.37. The van der Waals surface area contributed by atoms with Crippen LogP contribution in [-0.4, -0.2) is 54.9 Å². The molecule has 1 aromatic carbocycles. The summed E-state index contributed by atoms with van der Waals surface area (Å²) in [4.78, 5) is 44.0. The highest BCUT2D eigenvalue weighted by Gasteiger charge is 2.34. The topological polar surface area (TPSA) is 101 Å². The van der Waals surface area contributed by atoms with Crippen LogP contribution in [0.3, 0.4) is 0 Å². The molecule has 2 fully saturated rings. The van der Waals surface area contributed by atoms with Crippen LogP contribution in [0.15, 0.2) is 41.9 Å². The van der Waals surface area contributed by atoms with Crippen LogP contribution in [0.25, 0.3) is 10.1 Å². The molecule has 1 saturated carbocycles. The molecular weight excluding hydrogens is 452 g/mol. The number of methoxy groups -OCH3 is 1. The molecule has 8 nitrogen and oxygen atoms in total. The van der Waals surface area contributed by atoms with E-state index in [9.17, 15) is 14.4 Å². The van der Waals surface area contributed by atoms with Crippen LogP contribution in [0.1, 0.15) is 40.5 Å². The minimum atomic E-state index is -0.263. The summed E-state index contributed by atoms with van der Waals surface area (Å²) in [5.74, 6) is 0.289. The van der Waals surface area contributed by atoms with Crippen LogP contribution in [0.2, 0.25) is 0 Å². The number of aromatic nitrogens is 1. The van der Waals surface area contributed by atoms with Gasteiger partial charge in [-0.2, -0.15) is 0 Å². The number of thiophene rings is 1. The summed E-state index contributed by atoms with van der Waals surface area (Å²) in [5, 5.41) is 8.68. The summed E-state index contributed by atoms with van der Waals surface area (Å²) in [7, 11) is 1.67. The van der Waals surface area contributed by atoms with Gasteiger partial charge in [0.1, 0.15) is 5.78 Å². The molecule has 9 heteroatoms. The molecule has 3 aromatic rings. The van der Waals surface area contributed by atoms with E-state index in [4.69, 9.17) is 4.74 Å². The van der Waals surface area contributed by atoms with Crippen LogP contribution < -0.4 is 15.5 Å². The van der Waals surface area contributed by atoms with Crippen molar-refractivity contribution in [3.63, 3.8) is 0 Å². The van der Waals surface area contributed by atoms with Gasteiger partial charge in [0.05, 0.1) is 22.9 Å². The van der Waals surface area contributed by atoms with Crippen molar-refractivity contribution in [1.82, 2.24) is 10.3 Å². The minimum absolute atomic E-state index is 0.0193. The number of ether oxygens (including phenoxy) is 1. The zero-order chi connectivity index (χ0) is 23.8. The first-order valence-electron chi connectivity index (χ1n) is 11.3. The van der Waals surface area contributed by atoms with Crippen molar-refractivity contribution >= 4 is 50.5 Å². The maximum atomic E-state index is 13.2. The van der Waals surface area contributed by atoms with E-state index in [1.807, 2.05) is 34.5 Å². The molecule has 1 aliphatic heterocycles. The third kappa shape index (κ3) is 4.28. The molecule has 2 aromatic heterocycles. The number of hydrogen-bond acceptors (Lipinski definition) is 7. The van der Waals surface area contributed by atoms with Crippen LogP contribution in [0.5, 0.6) is 0 Å². The van der Waals surface area contributed by atoms with Gasteiger partial charge in [-0.1, -0.05) is 18.2 Å². The van der Waals surface area contributed by atoms with E-state index in [0.717, 1.165) is 10.1 Å². The van der Waals surface area contributed by atoms with Gasteiger partial charge < -0.3 is 20.3 Å². The first kappa shape index (κ1) is 22.5. The lowest BCUT2D eigenvalue weighted by atomic mass is 9.78. The number of fused-ring (bicyclic) bond motifs is 1. The summed E-state index contributed by atoms with van der Waals surface area (Å²) in [6.45, 7) is 2.91. The van der Waals surface area contributed by atoms with Gasteiger partial charge in [-0.15, -0.1) is 11.3 Å². The lowest BCUT2D eigenvalue weighted by Gasteiger charge is -2.39. The molecule has 2 aliphatic rings. The third-order valence-corrected chi connectivity index (χ3v) is 7.60. The maximum absolute atomic E-state index is 13.2. The van der Waals surface area contributed by atoms with E-state index < -0.39 is 0 Å². The van der Waals surface area contributed by atoms with E-state index in [0.29, 0.717) is 48.6 Å². The summed E-state index contributed by atoms with van der Waals surface area (Å²) in [5.41, 5.74) is 1.44. The van der Waals surface area contributed by atoms with Gasteiger partial charge in [0, 0.05) is 53.8 Å². The van der Waals surface area contributed by atoms with E-state index in [1.54, 1.807) is 20.1 Å². The van der Waals surface area contributed by atoms with Crippen LogP contribution in [0, 0.1) is 5.92 Å². The second kappa shape index (κ2) is 9.15. The summed E-state index contributed by atoms with van der Waals surface area (Å²) in [6.07, 6.45) is 2.96. The average molecular weight is 479 g/mol. The quantitative estimate of drug-likeness (QED) is 0.539. The van der Waals surface area contributed by atoms with Gasteiger partial charge in [0.2, 0.25) is 0 Å². The summed E-state index contributed by atoms with van der Waals surface area (Å²) >= 11 is 1.52. The van der Waals surface area contributed by atoms with Gasteiger partial charge in [0.25, 0.3) is 11.8 Å². The summed E-state index contributed by atoms with van der Waals surface area (Å²) in [6, 6.07) is 9.42. The lowest BCUT2D eigenvalue weighted by Crippen LogP contribution is -2.52. The van der Waals surface area contributed by atoms with Crippen molar-refractivity contribution in [3.05, 3.63) is 53.0 Å². The Labute approximate surface area is 201 Å². The highest BCUT2D eigenvalue weighted by molar-refractivity contribution is 7.17. The largest absolute Gasteiger partial charge is 0.378 e. The highest BCUT2D eigenvalue weighted by Crippen LogP contribution is 2.32. The van der Waals surface area contributed by atoms with E-state index in [1.165, 1.54) is 17.5 Å². The van der Waals surface area contributed by atoms with Gasteiger partial charge in [-0.3, -0.25) is 14.4 Å². The number of benzene rings is 1. The summed E-state index contributed by atoms with van der Waals surface area (Å²) < 4.78 is 6.41. The Balaban J connectivity index is 1.37. The molecule has 1 aliphatic carbocycles. The number of carbonyl (C=O) groups excluding carboxylic acids is 3. The highest BCUT2D eigenvalue weighted by atomic mass is 32.1. The Bertz CT molecular complexity index is 1260. The van der Waals surface area contributed by atoms with Gasteiger partial charge >= 0.3 is 0 Å². The van der Waals surface area contributed by atoms with Gasteiger partial charge in [-0.05, 0) is 31.9 Å². The van der Waals surface area contributed by atoms with Crippen molar-refractivity contribution in [3.8, 4) is 0 Å². The van der Waals surface area contributed by atoms with Crippen LogP contribution >= 0.6 is 11.3 Å². The van der Waals surface area contributed by atoms with Crippen molar-refractivity contribution in [1.29, 1.82) is 0 Å². The Hall–Kier alpha value is -3.30. The van der Waals surface area contributed by atoms with Crippen LogP contribution in [0.4, 0.5) is 11.5 Å². The van der Waals surface area contributed by atoms with Crippen molar-refractivity contribution in [2.24, 2.45) is 5.92 Å². The standard InChI is InChI=1S/C25H26N4O4S/c1-14(30)15-7-17(8-15)27-24(31)16-9-21(23(26-10-16)29-11-18(12-29)33-2)28-25(32)20-13-34-22-6-4-3-5-19(20)22/h3-6,9-10,13,15,17-18H,7-8,11-12H2,1-2H3,(H,27,31)(H,28,32). The molecule has 1 saturated heterocycles. The van der Waals surface area contributed by atoms with Crippen LogP contribution in [-0.2, 0) is 9.53 Å². The molecule has 34 heavy (non-hydrogen) atoms. The molecule has 0 radical (unpaired) electrons. The smallest absolute Gasteiger partial charge is 0.257 e. The molecule has 0 unspecified atom stereocenters. The number of anilines is 2. The molecule has 0 spiro atoms. The molecule has 2 amide bonds. The zero-order valence-corrected chi connectivity index (χ0v) is 19.9. The molecule has 0 bridgehead atoms. The van der Waals surface area contributed by atoms with Gasteiger partial charge in [-0.25, -0.2) is 4.98 Å². The van der Waals surface area contributed by atoms with E-state index in [2.05, 4.69) is 15.6 Å². The first-order valence-corrected chi connectivity index (χ1v) is 12.2. The van der Waals surface area contributed by atoms with Crippen molar-refractivity contribution in [2.75, 3.05) is 30.4 Å². The Morgan fingerprint density at radius 3 is 2.65 bits per heavy atom. The lowest BCUT2D eigenvalue weighted by molar-refractivity contribution is -0.123. The second-order valence-corrected chi connectivity index (χ2v) is 9.82. The minimum Gasteiger partial charge on any atom is -0.378 e. The molecule has 3 heterocycles. The molecule has 2 N–H and O–H groups in total. The molecule has 5 rings (SSSR count). The number of hydrogen-bond donors (Lipinski definition) is 2. The number of rotatable bonds is 7. The number of pyridine rings is 1. The second-order valence-electron chi connectivity index (χ2n) is 8.91. The zero-order valence-electron chi connectivity index (χ0n) is 19.0. The fraction of sp³-hybridized carbons (Fsp3) is 0.360. The predicted octanol–water partition coefficient (Wildman–Crippen LogP) is 3.48. The fourth-order valence-corrected chi connectivity index (χ4v) is 5.31. The Morgan fingerprint density at radius 1 is 1.15 bits per heavy atom. The van der Waals surface area contributed by atoms with E-state index >= 15 is 0 Å². The maximum Gasteiger partial charge on any atom is 0.257 e. The third-order valence-electron chi connectivity index (χ3n) is 6.63. The molecule has 0 atom stereocenters. The first-order chi connectivity index (χ1) is 16.4. The Kier molecular flexibility index (Phi) is 6.05. The van der Waals surface area contributed by atoms with Crippen molar-refractivity contribution in [2.45, 2.75) is 31.9 Å². The average Bonchev–Trinajstić information content (AvgIpc) is 3.20. The normalized spacial score (nSPS) is 19.9. The molecule has 176 valence electrons. The number of nitrogens with one attached hydrogen (secondary N) is 2. The van der Waals surface area contributed by atoms with E-state index in [-0.39, 0.29) is 35.7 Å². The number of carbonyl (C=O) groups is 3. The number of nitrogens with zero attached hydrogens (tertiary/aromatic N) is 2. The number of ketones is 1. The molecular formula is C25H26N4O4S.